The van der Waals surface area contributed by atoms with E-state index < -0.39 is 0 Å². The second kappa shape index (κ2) is 5.22. The Morgan fingerprint density at radius 2 is 2.06 bits per heavy atom. The van der Waals surface area contributed by atoms with Crippen LogP contribution in [0.3, 0.4) is 0 Å². The van der Waals surface area contributed by atoms with Crippen molar-refractivity contribution in [1.82, 2.24) is 4.90 Å². The minimum absolute atomic E-state index is 0.00181. The van der Waals surface area contributed by atoms with Gasteiger partial charge in [0.25, 0.3) is 0 Å². The largest absolute Gasteiger partial charge is 0.493 e. The molecule has 0 bridgehead atoms. The predicted octanol–water partition coefficient (Wildman–Crippen LogP) is 2.13. The molecule has 3 nitrogen and oxygen atoms in total. The summed E-state index contributed by atoms with van der Waals surface area (Å²) in [6.45, 7) is 2.43. The zero-order valence-electron chi connectivity index (χ0n) is 10.3. The van der Waals surface area contributed by atoms with Gasteiger partial charge in [-0.15, -0.1) is 0 Å². The molecule has 0 aromatic heterocycles. The van der Waals surface area contributed by atoms with Gasteiger partial charge < -0.3 is 9.64 Å². The van der Waals surface area contributed by atoms with E-state index in [1.807, 2.05) is 40.9 Å². The molecule has 0 saturated carbocycles. The maximum absolute atomic E-state index is 12.6. The van der Waals surface area contributed by atoms with E-state index in [9.17, 15) is 4.79 Å². The SMILES string of the molecule is O=C(C1CCOc2ccccc21)N1CCSCC1. The normalized spacial score (nSPS) is 23.1. The van der Waals surface area contributed by atoms with Crippen LogP contribution in [-0.2, 0) is 4.79 Å². The van der Waals surface area contributed by atoms with Gasteiger partial charge in [0.05, 0.1) is 12.5 Å². The van der Waals surface area contributed by atoms with Crippen LogP contribution in [0.2, 0.25) is 0 Å². The van der Waals surface area contributed by atoms with E-state index in [4.69, 9.17) is 4.74 Å². The summed E-state index contributed by atoms with van der Waals surface area (Å²) in [4.78, 5) is 14.6. The molecule has 0 spiro atoms. The van der Waals surface area contributed by atoms with Gasteiger partial charge in [-0.3, -0.25) is 4.79 Å². The molecule has 0 N–H and O–H groups in total. The lowest BCUT2D eigenvalue weighted by Crippen LogP contribution is -2.41. The Morgan fingerprint density at radius 1 is 1.28 bits per heavy atom. The molecule has 2 heterocycles. The number of hydrogen-bond donors (Lipinski definition) is 0. The van der Waals surface area contributed by atoms with Gasteiger partial charge in [-0.25, -0.2) is 0 Å². The second-order valence-corrected chi connectivity index (χ2v) is 5.89. The Kier molecular flexibility index (Phi) is 3.46. The number of hydrogen-bond acceptors (Lipinski definition) is 3. The van der Waals surface area contributed by atoms with Crippen LogP contribution in [-0.4, -0.2) is 42.0 Å². The molecule has 1 fully saturated rings. The van der Waals surface area contributed by atoms with Crippen LogP contribution in [0.25, 0.3) is 0 Å². The van der Waals surface area contributed by atoms with Crippen molar-refractivity contribution in [2.24, 2.45) is 0 Å². The van der Waals surface area contributed by atoms with Crippen LogP contribution in [0.1, 0.15) is 17.9 Å². The fraction of sp³-hybridized carbons (Fsp3) is 0.500. The Bertz CT molecular complexity index is 443. The third-order valence-corrected chi connectivity index (χ3v) is 4.52. The van der Waals surface area contributed by atoms with E-state index in [0.29, 0.717) is 6.61 Å². The Labute approximate surface area is 111 Å². The molecule has 96 valence electrons. The molecule has 1 unspecified atom stereocenters. The molecule has 1 atom stereocenters. The number of amides is 1. The van der Waals surface area contributed by atoms with Gasteiger partial charge >= 0.3 is 0 Å². The highest BCUT2D eigenvalue weighted by molar-refractivity contribution is 7.99. The first-order valence-electron chi connectivity index (χ1n) is 6.44. The molecule has 18 heavy (non-hydrogen) atoms. The van der Waals surface area contributed by atoms with Crippen LogP contribution in [0.15, 0.2) is 24.3 Å². The Hall–Kier alpha value is -1.16. The van der Waals surface area contributed by atoms with Gasteiger partial charge in [-0.05, 0) is 12.5 Å². The van der Waals surface area contributed by atoms with Crippen molar-refractivity contribution in [2.75, 3.05) is 31.2 Å². The van der Waals surface area contributed by atoms with Crippen LogP contribution in [0.5, 0.6) is 5.75 Å². The molecule has 1 aromatic carbocycles. The average Bonchev–Trinajstić information content (AvgIpc) is 2.47. The highest BCUT2D eigenvalue weighted by atomic mass is 32.2. The maximum atomic E-state index is 12.6. The van der Waals surface area contributed by atoms with Crippen molar-refractivity contribution in [1.29, 1.82) is 0 Å². The lowest BCUT2D eigenvalue weighted by Gasteiger charge is -2.32. The fourth-order valence-corrected chi connectivity index (χ4v) is 3.51. The summed E-state index contributed by atoms with van der Waals surface area (Å²) in [5, 5.41) is 0. The van der Waals surface area contributed by atoms with Crippen LogP contribution >= 0.6 is 11.8 Å². The number of benzene rings is 1. The number of nitrogens with zero attached hydrogens (tertiary/aromatic N) is 1. The summed E-state index contributed by atoms with van der Waals surface area (Å²) in [6.07, 6.45) is 0.805. The van der Waals surface area contributed by atoms with E-state index in [2.05, 4.69) is 0 Å². The zero-order chi connectivity index (χ0) is 12.4. The summed E-state index contributed by atoms with van der Waals surface area (Å²) >= 11 is 1.93. The number of thioether (sulfide) groups is 1. The van der Waals surface area contributed by atoms with Crippen LogP contribution < -0.4 is 4.74 Å². The Balaban J connectivity index is 1.82. The zero-order valence-corrected chi connectivity index (χ0v) is 11.1. The van der Waals surface area contributed by atoms with E-state index in [-0.39, 0.29) is 11.8 Å². The topological polar surface area (TPSA) is 29.5 Å². The third-order valence-electron chi connectivity index (χ3n) is 3.58. The summed E-state index contributed by atoms with van der Waals surface area (Å²) in [5.74, 6) is 3.30. The molecule has 1 aromatic rings. The van der Waals surface area contributed by atoms with Crippen molar-refractivity contribution in [3.8, 4) is 5.75 Å². The smallest absolute Gasteiger partial charge is 0.230 e. The molecule has 2 aliphatic rings. The number of carbonyl (C=O) groups is 1. The molecular formula is C14H17NO2S. The van der Waals surface area contributed by atoms with Gasteiger partial charge in [0.2, 0.25) is 5.91 Å². The summed E-state index contributed by atoms with van der Waals surface area (Å²) in [5.41, 5.74) is 1.06. The van der Waals surface area contributed by atoms with Crippen LogP contribution in [0, 0.1) is 0 Å². The van der Waals surface area contributed by atoms with Crippen LogP contribution in [0.4, 0.5) is 0 Å². The van der Waals surface area contributed by atoms with E-state index >= 15 is 0 Å². The number of carbonyl (C=O) groups excluding carboxylic acids is 1. The summed E-state index contributed by atoms with van der Waals surface area (Å²) in [7, 11) is 0. The lowest BCUT2D eigenvalue weighted by atomic mass is 9.92. The quantitative estimate of drug-likeness (QED) is 0.777. The highest BCUT2D eigenvalue weighted by Gasteiger charge is 2.31. The lowest BCUT2D eigenvalue weighted by molar-refractivity contribution is -0.133. The number of para-hydroxylation sites is 1. The Morgan fingerprint density at radius 3 is 2.89 bits per heavy atom. The summed E-state index contributed by atoms with van der Waals surface area (Å²) in [6, 6.07) is 7.93. The van der Waals surface area contributed by atoms with Crippen molar-refractivity contribution >= 4 is 17.7 Å². The van der Waals surface area contributed by atoms with Gasteiger partial charge in [0.15, 0.2) is 0 Å². The van der Waals surface area contributed by atoms with Crippen molar-refractivity contribution in [3.05, 3.63) is 29.8 Å². The highest BCUT2D eigenvalue weighted by Crippen LogP contribution is 2.34. The molecule has 2 aliphatic heterocycles. The van der Waals surface area contributed by atoms with Gasteiger partial charge in [-0.2, -0.15) is 11.8 Å². The molecule has 3 rings (SSSR count). The number of ether oxygens (including phenoxy) is 1. The molecular weight excluding hydrogens is 246 g/mol. The number of fused-ring (bicyclic) bond motifs is 1. The van der Waals surface area contributed by atoms with Gasteiger partial charge in [-0.1, -0.05) is 18.2 Å². The van der Waals surface area contributed by atoms with Gasteiger partial charge in [0, 0.05) is 30.2 Å². The first kappa shape index (κ1) is 11.9. The molecule has 4 heteroatoms. The average molecular weight is 263 g/mol. The molecule has 0 aliphatic carbocycles. The monoisotopic (exact) mass is 263 g/mol. The van der Waals surface area contributed by atoms with E-state index in [1.165, 1.54) is 0 Å². The maximum Gasteiger partial charge on any atom is 0.230 e. The van der Waals surface area contributed by atoms with E-state index in [0.717, 1.165) is 42.3 Å². The fourth-order valence-electron chi connectivity index (χ4n) is 2.60. The van der Waals surface area contributed by atoms with Crippen molar-refractivity contribution in [3.63, 3.8) is 0 Å². The minimum Gasteiger partial charge on any atom is -0.493 e. The van der Waals surface area contributed by atoms with Gasteiger partial charge in [0.1, 0.15) is 5.75 Å². The third kappa shape index (κ3) is 2.21. The first-order valence-corrected chi connectivity index (χ1v) is 7.60. The van der Waals surface area contributed by atoms with E-state index in [1.54, 1.807) is 0 Å². The molecule has 0 radical (unpaired) electrons. The molecule has 1 saturated heterocycles. The summed E-state index contributed by atoms with van der Waals surface area (Å²) < 4.78 is 5.62. The van der Waals surface area contributed by atoms with Crippen molar-refractivity contribution in [2.45, 2.75) is 12.3 Å². The van der Waals surface area contributed by atoms with Crippen molar-refractivity contribution < 1.29 is 9.53 Å². The minimum atomic E-state index is -0.00181. The number of rotatable bonds is 1. The second-order valence-electron chi connectivity index (χ2n) is 4.67. The molecule has 1 amide bonds. The first-order chi connectivity index (χ1) is 8.86. The predicted molar refractivity (Wildman–Crippen MR) is 73.2 cm³/mol. The standard InChI is InChI=1S/C14H17NO2S/c16-14(15-6-9-18-10-7-15)12-5-8-17-13-4-2-1-3-11(12)13/h1-4,12H,5-10H2.